The van der Waals surface area contributed by atoms with Crippen LogP contribution in [0.2, 0.25) is 0 Å². The van der Waals surface area contributed by atoms with Gasteiger partial charge in [0.1, 0.15) is 18.0 Å². The molecule has 12 heteroatoms. The van der Waals surface area contributed by atoms with E-state index < -0.39 is 43.3 Å². The minimum absolute atomic E-state index is 0.0838. The van der Waals surface area contributed by atoms with Crippen molar-refractivity contribution < 1.29 is 27.9 Å². The summed E-state index contributed by atoms with van der Waals surface area (Å²) in [7, 11) is -4.02. The minimum atomic E-state index is -4.02. The van der Waals surface area contributed by atoms with Gasteiger partial charge in [-0.3, -0.25) is 23.7 Å². The first-order valence-corrected chi connectivity index (χ1v) is 12.5. The summed E-state index contributed by atoms with van der Waals surface area (Å²) in [6, 6.07) is 8.71. The number of aromatic nitrogens is 2. The molecule has 3 unspecified atom stereocenters. The topological polar surface area (TPSA) is 138 Å². The van der Waals surface area contributed by atoms with E-state index in [0.29, 0.717) is 12.2 Å². The van der Waals surface area contributed by atoms with Crippen LogP contribution in [0.5, 0.6) is 5.75 Å². The van der Waals surface area contributed by atoms with E-state index in [1.54, 1.807) is 44.2 Å². The van der Waals surface area contributed by atoms with Gasteiger partial charge in [-0.2, -0.15) is 5.09 Å². The quantitative estimate of drug-likeness (QED) is 0.376. The molecule has 34 heavy (non-hydrogen) atoms. The molecule has 0 spiro atoms. The fraction of sp³-hybridized carbons (Fsp3) is 0.500. The zero-order valence-electron chi connectivity index (χ0n) is 19.5. The fourth-order valence-electron chi connectivity index (χ4n) is 3.51. The van der Waals surface area contributed by atoms with Crippen molar-refractivity contribution in [2.75, 3.05) is 6.61 Å². The molecule has 11 nitrogen and oxygen atoms in total. The van der Waals surface area contributed by atoms with E-state index in [1.165, 1.54) is 23.8 Å². The van der Waals surface area contributed by atoms with Gasteiger partial charge in [-0.25, -0.2) is 9.36 Å². The van der Waals surface area contributed by atoms with Crippen LogP contribution < -0.4 is 20.9 Å². The summed E-state index contributed by atoms with van der Waals surface area (Å²) in [5.74, 6) is -0.389. The van der Waals surface area contributed by atoms with Crippen LogP contribution in [0.1, 0.15) is 40.3 Å². The number of nitrogens with one attached hydrogen (secondary N) is 2. The highest BCUT2D eigenvalue weighted by atomic mass is 31.2. The molecule has 0 aliphatic carbocycles. The predicted molar refractivity (Wildman–Crippen MR) is 123 cm³/mol. The second-order valence-electron chi connectivity index (χ2n) is 8.41. The molecule has 2 aromatic rings. The average molecular weight is 495 g/mol. The van der Waals surface area contributed by atoms with Gasteiger partial charge in [0, 0.05) is 18.2 Å². The van der Waals surface area contributed by atoms with Crippen molar-refractivity contribution in [1.29, 1.82) is 0 Å². The van der Waals surface area contributed by atoms with E-state index >= 15 is 0 Å². The first-order valence-electron chi connectivity index (χ1n) is 11.0. The smallest absolute Gasteiger partial charge is 0.459 e. The molecule has 2 N–H and O–H groups in total. The molecule has 186 valence electrons. The fourth-order valence-corrected chi connectivity index (χ4v) is 5.03. The summed E-state index contributed by atoms with van der Waals surface area (Å²) in [4.78, 5) is 37.9. The molecule has 0 saturated carbocycles. The number of para-hydroxylation sites is 1. The summed E-state index contributed by atoms with van der Waals surface area (Å²) >= 11 is 0. The predicted octanol–water partition coefficient (Wildman–Crippen LogP) is 2.59. The molecule has 0 bridgehead atoms. The molecule has 3 rings (SSSR count). The maximum atomic E-state index is 13.6. The van der Waals surface area contributed by atoms with Crippen molar-refractivity contribution >= 4 is 13.7 Å². The first-order chi connectivity index (χ1) is 16.1. The molecular weight excluding hydrogens is 465 g/mol. The number of carbonyl (C=O) groups excluding carboxylic acids is 1. The summed E-state index contributed by atoms with van der Waals surface area (Å²) in [5.41, 5.74) is -1.08. The van der Waals surface area contributed by atoms with Gasteiger partial charge in [-0.05, 0) is 39.3 Å². The molecule has 1 saturated heterocycles. The number of hydrogen-bond donors (Lipinski definition) is 2. The number of nitrogens with zero attached hydrogens (tertiary/aromatic N) is 1. The van der Waals surface area contributed by atoms with Crippen LogP contribution in [0.25, 0.3) is 0 Å². The average Bonchev–Trinajstić information content (AvgIpc) is 3.13. The molecule has 2 heterocycles. The Balaban J connectivity index is 1.71. The molecule has 1 fully saturated rings. The van der Waals surface area contributed by atoms with Gasteiger partial charge in [0.25, 0.3) is 5.56 Å². The van der Waals surface area contributed by atoms with Gasteiger partial charge in [-0.1, -0.05) is 25.1 Å². The lowest BCUT2D eigenvalue weighted by molar-refractivity contribution is -0.149. The molecule has 5 atom stereocenters. The summed E-state index contributed by atoms with van der Waals surface area (Å²) in [5, 5.41) is 2.63. The van der Waals surface area contributed by atoms with E-state index in [9.17, 15) is 18.9 Å². The summed E-state index contributed by atoms with van der Waals surface area (Å²) < 4.78 is 37.3. The Morgan fingerprint density at radius 2 is 1.94 bits per heavy atom. The van der Waals surface area contributed by atoms with Crippen molar-refractivity contribution in [3.8, 4) is 5.75 Å². The van der Waals surface area contributed by atoms with Crippen LogP contribution in [-0.2, 0) is 23.4 Å². The number of carbonyl (C=O) groups is 1. The Morgan fingerprint density at radius 1 is 1.24 bits per heavy atom. The Labute approximate surface area is 197 Å². The number of esters is 1. The normalized spacial score (nSPS) is 22.8. The zero-order chi connectivity index (χ0) is 24.9. The zero-order valence-corrected chi connectivity index (χ0v) is 20.4. The van der Waals surface area contributed by atoms with Crippen molar-refractivity contribution in [3.05, 3.63) is 63.4 Å². The minimum Gasteiger partial charge on any atom is -0.462 e. The second-order valence-corrected chi connectivity index (χ2v) is 10.1. The second kappa shape index (κ2) is 11.1. The lowest BCUT2D eigenvalue weighted by atomic mass is 10.1. The molecule has 1 aliphatic heterocycles. The SMILES string of the molecule is CC(C)OC(=O)C(C)NP(=O)(OC[C@@H]1C[C@@H](C)C(n2ccc(=O)[nH]c2=O)O1)Oc1ccccc1. The summed E-state index contributed by atoms with van der Waals surface area (Å²) in [6.07, 6.45) is 0.408. The third-order valence-electron chi connectivity index (χ3n) is 5.04. The molecule has 1 aromatic heterocycles. The van der Waals surface area contributed by atoms with E-state index in [1.807, 2.05) is 6.92 Å². The highest BCUT2D eigenvalue weighted by Crippen LogP contribution is 2.46. The molecule has 0 amide bonds. The standard InChI is InChI=1S/C22H30N3O8P/c1-14(2)31-21(27)16(4)24-34(29,33-17-8-6-5-7-9-17)30-13-18-12-15(3)20(32-18)25-11-10-19(26)23-22(25)28/h5-11,14-16,18,20H,12-13H2,1-4H3,(H,24,29)(H,23,26,28)/t15-,16?,18+,20?,34?/m1/s1. The number of ether oxygens (including phenoxy) is 2. The van der Waals surface area contributed by atoms with Gasteiger partial charge in [0.05, 0.1) is 18.8 Å². The van der Waals surface area contributed by atoms with Gasteiger partial charge in [0.2, 0.25) is 0 Å². The monoisotopic (exact) mass is 495 g/mol. The van der Waals surface area contributed by atoms with Crippen LogP contribution in [0.15, 0.2) is 52.2 Å². The van der Waals surface area contributed by atoms with E-state index in [-0.39, 0.29) is 18.6 Å². The Hall–Kier alpha value is -2.72. The van der Waals surface area contributed by atoms with Crippen LogP contribution >= 0.6 is 7.75 Å². The molecule has 1 aliphatic rings. The van der Waals surface area contributed by atoms with E-state index in [4.69, 9.17) is 18.5 Å². The van der Waals surface area contributed by atoms with Crippen LogP contribution in [-0.4, -0.2) is 40.4 Å². The Kier molecular flexibility index (Phi) is 8.48. The highest BCUT2D eigenvalue weighted by Gasteiger charge is 2.38. The van der Waals surface area contributed by atoms with Crippen LogP contribution in [0.4, 0.5) is 0 Å². The number of benzene rings is 1. The van der Waals surface area contributed by atoms with E-state index in [2.05, 4.69) is 10.1 Å². The maximum absolute atomic E-state index is 13.6. The number of H-pyrrole nitrogens is 1. The lowest BCUT2D eigenvalue weighted by Crippen LogP contribution is -2.36. The third-order valence-corrected chi connectivity index (χ3v) is 6.68. The Bertz CT molecular complexity index is 1130. The number of hydrogen-bond acceptors (Lipinski definition) is 8. The lowest BCUT2D eigenvalue weighted by Gasteiger charge is -2.24. The number of rotatable bonds is 10. The first kappa shape index (κ1) is 25.9. The van der Waals surface area contributed by atoms with Crippen molar-refractivity contribution in [2.24, 2.45) is 5.92 Å². The van der Waals surface area contributed by atoms with Gasteiger partial charge in [0.15, 0.2) is 0 Å². The van der Waals surface area contributed by atoms with Crippen molar-refractivity contribution in [1.82, 2.24) is 14.6 Å². The highest BCUT2D eigenvalue weighted by molar-refractivity contribution is 7.52. The largest absolute Gasteiger partial charge is 0.462 e. The van der Waals surface area contributed by atoms with Crippen LogP contribution in [0.3, 0.4) is 0 Å². The van der Waals surface area contributed by atoms with Crippen molar-refractivity contribution in [2.45, 2.75) is 58.6 Å². The van der Waals surface area contributed by atoms with Gasteiger partial charge < -0.3 is 14.0 Å². The molecular formula is C22H30N3O8P. The third kappa shape index (κ3) is 6.89. The summed E-state index contributed by atoms with van der Waals surface area (Å²) in [6.45, 7) is 6.70. The maximum Gasteiger partial charge on any atom is 0.459 e. The number of aromatic amines is 1. The van der Waals surface area contributed by atoms with Crippen LogP contribution in [0, 0.1) is 5.92 Å². The molecule has 0 radical (unpaired) electrons. The van der Waals surface area contributed by atoms with Gasteiger partial charge >= 0.3 is 19.4 Å². The molecule has 1 aromatic carbocycles. The van der Waals surface area contributed by atoms with Gasteiger partial charge in [-0.15, -0.1) is 0 Å². The van der Waals surface area contributed by atoms with E-state index in [0.717, 1.165) is 0 Å². The Morgan fingerprint density at radius 3 is 2.59 bits per heavy atom. The van der Waals surface area contributed by atoms with Crippen molar-refractivity contribution in [3.63, 3.8) is 0 Å².